The number of halogens is 1. The third-order valence-corrected chi connectivity index (χ3v) is 7.13. The number of ether oxygens (including phenoxy) is 2. The van der Waals surface area contributed by atoms with Crippen LogP contribution in [0.25, 0.3) is 0 Å². The SMILES string of the molecule is COc1ccc(Br)cc1[C@@H]1C(C(=O)O[C@@H]2C[C@@H](C)CC[C@@H]2C(C)C)=C(C)Nc2nnnn21. The third kappa shape index (κ3) is 4.27. The highest BCUT2D eigenvalue weighted by atomic mass is 79.9. The number of carbonyl (C=O) groups excluding carboxylic acids is 1. The predicted molar refractivity (Wildman–Crippen MR) is 124 cm³/mol. The van der Waals surface area contributed by atoms with Crippen molar-refractivity contribution in [3.05, 3.63) is 39.5 Å². The minimum absolute atomic E-state index is 0.105. The number of hydrogen-bond acceptors (Lipinski definition) is 7. The van der Waals surface area contributed by atoms with E-state index in [0.717, 1.165) is 22.9 Å². The molecule has 1 N–H and O–H groups in total. The standard InChI is InChI=1S/C23H30BrN5O3/c1-12(2)16-8-6-13(3)10-19(16)32-22(30)20-14(4)25-23-26-27-28-29(23)21(20)17-11-15(24)7-9-18(17)31-5/h7,9,11-13,16,19,21H,6,8,10H2,1-5H3,(H,25,26,28)/t13-,16+,19+,21+/m0/s1. The number of methoxy groups -OCH3 is 1. The molecule has 1 aliphatic heterocycles. The topological polar surface area (TPSA) is 91.2 Å². The van der Waals surface area contributed by atoms with E-state index in [9.17, 15) is 4.79 Å². The number of tetrazole rings is 1. The van der Waals surface area contributed by atoms with Gasteiger partial charge in [0.15, 0.2) is 0 Å². The van der Waals surface area contributed by atoms with Gasteiger partial charge in [-0.05, 0) is 66.1 Å². The molecule has 2 aromatic rings. The summed E-state index contributed by atoms with van der Waals surface area (Å²) in [4.78, 5) is 13.7. The van der Waals surface area contributed by atoms with E-state index in [0.29, 0.717) is 40.7 Å². The second-order valence-electron chi connectivity index (χ2n) is 9.17. The number of aromatic nitrogens is 4. The van der Waals surface area contributed by atoms with Crippen molar-refractivity contribution in [2.75, 3.05) is 12.4 Å². The van der Waals surface area contributed by atoms with Gasteiger partial charge in [0.05, 0.1) is 12.7 Å². The zero-order valence-electron chi connectivity index (χ0n) is 19.1. The molecule has 1 aromatic carbocycles. The second kappa shape index (κ2) is 9.21. The van der Waals surface area contributed by atoms with Gasteiger partial charge in [-0.2, -0.15) is 4.68 Å². The van der Waals surface area contributed by atoms with E-state index >= 15 is 0 Å². The highest BCUT2D eigenvalue weighted by Gasteiger charge is 2.40. The predicted octanol–water partition coefficient (Wildman–Crippen LogP) is 4.74. The fourth-order valence-corrected chi connectivity index (χ4v) is 5.31. The van der Waals surface area contributed by atoms with E-state index in [1.165, 1.54) is 6.42 Å². The summed E-state index contributed by atoms with van der Waals surface area (Å²) in [6, 6.07) is 5.12. The number of fused-ring (bicyclic) bond motifs is 1. The summed E-state index contributed by atoms with van der Waals surface area (Å²) in [6.07, 6.45) is 3.03. The van der Waals surface area contributed by atoms with Crippen molar-refractivity contribution in [3.63, 3.8) is 0 Å². The Balaban J connectivity index is 1.74. The molecule has 0 saturated heterocycles. The average molecular weight is 504 g/mol. The maximum atomic E-state index is 13.7. The average Bonchev–Trinajstić information content (AvgIpc) is 3.20. The summed E-state index contributed by atoms with van der Waals surface area (Å²) >= 11 is 3.54. The van der Waals surface area contributed by atoms with E-state index in [1.54, 1.807) is 11.8 Å². The number of nitrogens with one attached hydrogen (secondary N) is 1. The van der Waals surface area contributed by atoms with E-state index in [-0.39, 0.29) is 12.1 Å². The van der Waals surface area contributed by atoms with Crippen LogP contribution < -0.4 is 10.1 Å². The number of nitrogens with zero attached hydrogens (tertiary/aromatic N) is 4. The minimum atomic E-state index is -0.570. The molecule has 0 spiro atoms. The maximum Gasteiger partial charge on any atom is 0.338 e. The van der Waals surface area contributed by atoms with Gasteiger partial charge in [-0.25, -0.2) is 4.79 Å². The molecule has 1 fully saturated rings. The molecule has 8 nitrogen and oxygen atoms in total. The molecule has 2 aliphatic rings. The van der Waals surface area contributed by atoms with Gasteiger partial charge in [-0.15, -0.1) is 0 Å². The first-order valence-corrected chi connectivity index (χ1v) is 11.9. The fourth-order valence-electron chi connectivity index (χ4n) is 4.93. The van der Waals surface area contributed by atoms with Crippen molar-refractivity contribution in [3.8, 4) is 5.75 Å². The van der Waals surface area contributed by atoms with Crippen LogP contribution in [0, 0.1) is 17.8 Å². The van der Waals surface area contributed by atoms with Crippen LogP contribution in [0.1, 0.15) is 58.6 Å². The van der Waals surface area contributed by atoms with Crippen LogP contribution in [-0.2, 0) is 9.53 Å². The Labute approximate surface area is 196 Å². The molecule has 0 radical (unpaired) electrons. The first kappa shape index (κ1) is 22.8. The summed E-state index contributed by atoms with van der Waals surface area (Å²) in [7, 11) is 1.61. The number of esters is 1. The molecule has 1 aliphatic carbocycles. The lowest BCUT2D eigenvalue weighted by molar-refractivity contribution is -0.151. The Hall–Kier alpha value is -2.42. The van der Waals surface area contributed by atoms with Crippen LogP contribution in [-0.4, -0.2) is 39.4 Å². The highest BCUT2D eigenvalue weighted by Crippen LogP contribution is 2.41. The third-order valence-electron chi connectivity index (χ3n) is 6.64. The van der Waals surface area contributed by atoms with Crippen molar-refractivity contribution in [1.29, 1.82) is 0 Å². The quantitative estimate of drug-likeness (QED) is 0.589. The fraction of sp³-hybridized carbons (Fsp3) is 0.565. The molecule has 172 valence electrons. The second-order valence-corrected chi connectivity index (χ2v) is 10.1. The van der Waals surface area contributed by atoms with Gasteiger partial charge < -0.3 is 14.8 Å². The normalized spacial score (nSPS) is 25.3. The van der Waals surface area contributed by atoms with Gasteiger partial charge in [-0.3, -0.25) is 0 Å². The smallest absolute Gasteiger partial charge is 0.338 e. The number of hydrogen-bond donors (Lipinski definition) is 1. The minimum Gasteiger partial charge on any atom is -0.496 e. The van der Waals surface area contributed by atoms with Gasteiger partial charge in [0.2, 0.25) is 5.95 Å². The monoisotopic (exact) mass is 503 g/mol. The van der Waals surface area contributed by atoms with Crippen molar-refractivity contribution in [1.82, 2.24) is 20.2 Å². The van der Waals surface area contributed by atoms with Crippen molar-refractivity contribution in [2.24, 2.45) is 17.8 Å². The Morgan fingerprint density at radius 2 is 2.09 bits per heavy atom. The van der Waals surface area contributed by atoms with Crippen LogP contribution in [0.2, 0.25) is 0 Å². The molecular weight excluding hydrogens is 474 g/mol. The van der Waals surface area contributed by atoms with E-state index < -0.39 is 6.04 Å². The molecule has 0 amide bonds. The molecular formula is C23H30BrN5O3. The van der Waals surface area contributed by atoms with Crippen LogP contribution >= 0.6 is 15.9 Å². The lowest BCUT2D eigenvalue weighted by Crippen LogP contribution is -2.38. The summed E-state index contributed by atoms with van der Waals surface area (Å²) in [5.41, 5.74) is 1.94. The van der Waals surface area contributed by atoms with Gasteiger partial charge in [0.25, 0.3) is 0 Å². The largest absolute Gasteiger partial charge is 0.496 e. The number of allylic oxidation sites excluding steroid dienone is 1. The molecule has 0 unspecified atom stereocenters. The highest BCUT2D eigenvalue weighted by molar-refractivity contribution is 9.10. The molecule has 32 heavy (non-hydrogen) atoms. The van der Waals surface area contributed by atoms with Crippen molar-refractivity contribution < 1.29 is 14.3 Å². The van der Waals surface area contributed by atoms with E-state index in [4.69, 9.17) is 9.47 Å². The Morgan fingerprint density at radius 3 is 2.81 bits per heavy atom. The molecule has 0 bridgehead atoms. The van der Waals surface area contributed by atoms with Crippen LogP contribution in [0.4, 0.5) is 5.95 Å². The lowest BCUT2D eigenvalue weighted by atomic mass is 9.75. The number of rotatable bonds is 5. The van der Waals surface area contributed by atoms with Crippen LogP contribution in [0.3, 0.4) is 0 Å². The molecule has 4 atom stereocenters. The van der Waals surface area contributed by atoms with Gasteiger partial charge in [0, 0.05) is 15.7 Å². The maximum absolute atomic E-state index is 13.7. The molecule has 1 saturated carbocycles. The number of anilines is 1. The molecule has 4 rings (SSSR count). The van der Waals surface area contributed by atoms with Gasteiger partial charge in [0.1, 0.15) is 17.9 Å². The Bertz CT molecular complexity index is 1030. The molecule has 1 aromatic heterocycles. The van der Waals surface area contributed by atoms with Crippen molar-refractivity contribution in [2.45, 2.75) is 59.1 Å². The summed E-state index contributed by atoms with van der Waals surface area (Å²) in [6.45, 7) is 8.50. The zero-order chi connectivity index (χ0) is 23.0. The Morgan fingerprint density at radius 1 is 1.31 bits per heavy atom. The first-order chi connectivity index (χ1) is 15.3. The summed E-state index contributed by atoms with van der Waals surface area (Å²) in [5.74, 6) is 2.12. The summed E-state index contributed by atoms with van der Waals surface area (Å²) < 4.78 is 14.3. The van der Waals surface area contributed by atoms with Crippen molar-refractivity contribution >= 4 is 27.8 Å². The number of benzene rings is 1. The zero-order valence-corrected chi connectivity index (χ0v) is 20.7. The first-order valence-electron chi connectivity index (χ1n) is 11.1. The Kier molecular flexibility index (Phi) is 6.55. The van der Waals surface area contributed by atoms with E-state index in [1.807, 2.05) is 25.1 Å². The van der Waals surface area contributed by atoms with Crippen LogP contribution in [0.15, 0.2) is 33.9 Å². The molecule has 9 heteroatoms. The molecule has 2 heterocycles. The van der Waals surface area contributed by atoms with Crippen LogP contribution in [0.5, 0.6) is 5.75 Å². The van der Waals surface area contributed by atoms with Gasteiger partial charge >= 0.3 is 5.97 Å². The lowest BCUT2D eigenvalue weighted by Gasteiger charge is -2.37. The summed E-state index contributed by atoms with van der Waals surface area (Å²) in [5, 5.41) is 15.2. The van der Waals surface area contributed by atoms with Gasteiger partial charge in [-0.1, -0.05) is 48.2 Å². The number of carbonyl (C=O) groups is 1. The van der Waals surface area contributed by atoms with E-state index in [2.05, 4.69) is 57.5 Å².